The van der Waals surface area contributed by atoms with E-state index in [0.717, 1.165) is 0 Å². The van der Waals surface area contributed by atoms with E-state index in [2.05, 4.69) is 10.3 Å². The Morgan fingerprint density at radius 3 is 2.53 bits per heavy atom. The van der Waals surface area contributed by atoms with Crippen LogP contribution in [0.2, 0.25) is 0 Å². The van der Waals surface area contributed by atoms with Gasteiger partial charge in [-0.2, -0.15) is 0 Å². The maximum absolute atomic E-state index is 13.3. The summed E-state index contributed by atoms with van der Waals surface area (Å²) in [4.78, 5) is 32.0. The topological polar surface area (TPSA) is 80.2 Å². The normalized spacial score (nSPS) is 15.4. The van der Waals surface area contributed by atoms with Gasteiger partial charge in [0.25, 0.3) is 11.8 Å². The number of carbonyl (C=O) groups is 2. The van der Waals surface area contributed by atoms with Gasteiger partial charge in [0.1, 0.15) is 5.82 Å². The van der Waals surface area contributed by atoms with Gasteiger partial charge >= 0.3 is 0 Å². The summed E-state index contributed by atoms with van der Waals surface area (Å²) in [6.07, 6.45) is 1.69. The van der Waals surface area contributed by atoms with Crippen LogP contribution >= 0.6 is 11.8 Å². The van der Waals surface area contributed by atoms with Crippen LogP contribution in [0, 0.1) is 5.82 Å². The first-order valence-electron chi connectivity index (χ1n) is 11.2. The van der Waals surface area contributed by atoms with E-state index in [1.165, 1.54) is 31.0 Å². The van der Waals surface area contributed by atoms with Crippen LogP contribution < -0.4 is 14.8 Å². The van der Waals surface area contributed by atoms with Gasteiger partial charge < -0.3 is 14.8 Å². The average Bonchev–Trinajstić information content (AvgIpc) is 3.18. The van der Waals surface area contributed by atoms with Gasteiger partial charge in [-0.05, 0) is 67.2 Å². The molecule has 1 N–H and O–H groups in total. The van der Waals surface area contributed by atoms with E-state index >= 15 is 0 Å². The van der Waals surface area contributed by atoms with Crippen molar-refractivity contribution in [1.82, 2.24) is 4.90 Å². The van der Waals surface area contributed by atoms with Gasteiger partial charge in [-0.1, -0.05) is 30.3 Å². The van der Waals surface area contributed by atoms with E-state index in [1.807, 2.05) is 25.1 Å². The zero-order chi connectivity index (χ0) is 25.5. The summed E-state index contributed by atoms with van der Waals surface area (Å²) in [7, 11) is 1.50. The fourth-order valence-corrected chi connectivity index (χ4v) is 4.51. The molecule has 1 aliphatic rings. The number of rotatable bonds is 8. The lowest BCUT2D eigenvalue weighted by molar-refractivity contribution is -0.122. The molecule has 3 aromatic rings. The van der Waals surface area contributed by atoms with Crippen molar-refractivity contribution < 1.29 is 23.5 Å². The molecule has 0 saturated carbocycles. The van der Waals surface area contributed by atoms with Crippen molar-refractivity contribution in [2.24, 2.45) is 4.99 Å². The van der Waals surface area contributed by atoms with Gasteiger partial charge in [-0.15, -0.1) is 0 Å². The number of para-hydroxylation sites is 2. The number of nitrogens with one attached hydrogen (secondary N) is 1. The van der Waals surface area contributed by atoms with Crippen molar-refractivity contribution in [3.63, 3.8) is 0 Å². The molecule has 36 heavy (non-hydrogen) atoms. The minimum atomic E-state index is -0.356. The quantitative estimate of drug-likeness (QED) is 0.411. The number of halogens is 1. The van der Waals surface area contributed by atoms with E-state index in [4.69, 9.17) is 9.47 Å². The molecule has 0 unspecified atom stereocenters. The zero-order valence-corrected chi connectivity index (χ0v) is 20.5. The lowest BCUT2D eigenvalue weighted by Gasteiger charge is -2.14. The molecule has 0 aliphatic carbocycles. The first kappa shape index (κ1) is 25.0. The molecule has 0 atom stereocenters. The molecule has 0 radical (unpaired) electrons. The van der Waals surface area contributed by atoms with Crippen molar-refractivity contribution in [1.29, 1.82) is 0 Å². The average molecular weight is 506 g/mol. The van der Waals surface area contributed by atoms with Crippen molar-refractivity contribution in [2.75, 3.05) is 25.6 Å². The van der Waals surface area contributed by atoms with E-state index in [9.17, 15) is 14.0 Å². The largest absolute Gasteiger partial charge is 0.493 e. The number of amidine groups is 1. The molecule has 1 aliphatic heterocycles. The van der Waals surface area contributed by atoms with Crippen molar-refractivity contribution in [3.05, 3.63) is 89.1 Å². The molecular weight excluding hydrogens is 481 g/mol. The van der Waals surface area contributed by atoms with Crippen molar-refractivity contribution in [3.8, 4) is 11.5 Å². The lowest BCUT2D eigenvalue weighted by atomic mass is 10.1. The number of nitrogens with zero attached hydrogens (tertiary/aromatic N) is 2. The Morgan fingerprint density at radius 2 is 1.83 bits per heavy atom. The minimum absolute atomic E-state index is 0.209. The predicted octanol–water partition coefficient (Wildman–Crippen LogP) is 5.48. The van der Waals surface area contributed by atoms with Crippen LogP contribution in [0.15, 0.2) is 82.7 Å². The molecule has 9 heteroatoms. The summed E-state index contributed by atoms with van der Waals surface area (Å²) in [5.41, 5.74) is 1.78. The zero-order valence-electron chi connectivity index (χ0n) is 19.7. The Bertz CT molecular complexity index is 1310. The highest BCUT2D eigenvalue weighted by molar-refractivity contribution is 8.18. The standard InChI is InChI=1S/C27H24FN3O4S/c1-3-31-26(33)23(36-27(31)30-21-14-12-19(28)13-15-21)16-18-8-7-11-22(34-2)25(18)35-17-24(32)29-20-9-5-4-6-10-20/h4-16H,3,17H2,1-2H3,(H,29,32)/b23-16+,30-27?. The molecule has 0 aromatic heterocycles. The molecule has 2 amide bonds. The Labute approximate surface area is 212 Å². The van der Waals surface area contributed by atoms with E-state index in [-0.39, 0.29) is 24.2 Å². The fraction of sp³-hybridized carbons (Fsp3) is 0.148. The molecule has 1 saturated heterocycles. The van der Waals surface area contributed by atoms with Crippen LogP contribution in [0.4, 0.5) is 15.8 Å². The molecule has 0 bridgehead atoms. The Kier molecular flexibility index (Phi) is 8.02. The van der Waals surface area contributed by atoms with Crippen LogP contribution in [-0.2, 0) is 9.59 Å². The maximum Gasteiger partial charge on any atom is 0.266 e. The third kappa shape index (κ3) is 5.92. The third-order valence-corrected chi connectivity index (χ3v) is 6.18. The molecule has 184 valence electrons. The van der Waals surface area contributed by atoms with Gasteiger partial charge in [-0.3, -0.25) is 14.5 Å². The second-order valence-corrected chi connectivity index (χ2v) is 8.62. The van der Waals surface area contributed by atoms with Gasteiger partial charge in [0.05, 0.1) is 17.7 Å². The second-order valence-electron chi connectivity index (χ2n) is 7.61. The molecule has 1 heterocycles. The Balaban J connectivity index is 1.57. The number of likely N-dealkylation sites (N-methyl/N-ethyl adjacent to an activating group) is 1. The van der Waals surface area contributed by atoms with Gasteiger partial charge in [0, 0.05) is 17.8 Å². The van der Waals surface area contributed by atoms with Crippen LogP contribution in [-0.4, -0.2) is 42.1 Å². The van der Waals surface area contributed by atoms with Gasteiger partial charge in [0.2, 0.25) is 0 Å². The number of ether oxygens (including phenoxy) is 2. The number of thioether (sulfide) groups is 1. The van der Waals surface area contributed by atoms with Crippen LogP contribution in [0.3, 0.4) is 0 Å². The summed E-state index contributed by atoms with van der Waals surface area (Å²) in [6.45, 7) is 2.03. The predicted molar refractivity (Wildman–Crippen MR) is 140 cm³/mol. The maximum atomic E-state index is 13.3. The first-order valence-corrected chi connectivity index (χ1v) is 12.0. The number of amides is 2. The SMILES string of the molecule is CCN1C(=O)/C(=C\c2cccc(OC)c2OCC(=O)Nc2ccccc2)SC1=Nc1ccc(F)cc1. The number of carbonyl (C=O) groups excluding carboxylic acids is 2. The monoisotopic (exact) mass is 505 g/mol. The van der Waals surface area contributed by atoms with Crippen LogP contribution in [0.5, 0.6) is 11.5 Å². The molecule has 3 aromatic carbocycles. The summed E-state index contributed by atoms with van der Waals surface area (Å²) in [5, 5.41) is 3.26. The van der Waals surface area contributed by atoms with Gasteiger partial charge in [-0.25, -0.2) is 9.38 Å². The Hall–Kier alpha value is -4.11. The number of hydrogen-bond donors (Lipinski definition) is 1. The molecular formula is C27H24FN3O4S. The van der Waals surface area contributed by atoms with E-state index in [0.29, 0.717) is 45.1 Å². The first-order chi connectivity index (χ1) is 17.5. The van der Waals surface area contributed by atoms with Crippen LogP contribution in [0.1, 0.15) is 12.5 Å². The smallest absolute Gasteiger partial charge is 0.266 e. The third-order valence-electron chi connectivity index (χ3n) is 5.18. The lowest BCUT2D eigenvalue weighted by Crippen LogP contribution is -2.28. The summed E-state index contributed by atoms with van der Waals surface area (Å²) < 4.78 is 24.5. The summed E-state index contributed by atoms with van der Waals surface area (Å²) >= 11 is 1.21. The molecule has 4 rings (SSSR count). The van der Waals surface area contributed by atoms with Crippen molar-refractivity contribution >= 4 is 46.2 Å². The number of hydrogen-bond acceptors (Lipinski definition) is 6. The number of anilines is 1. The highest BCUT2D eigenvalue weighted by Gasteiger charge is 2.32. The van der Waals surface area contributed by atoms with Crippen molar-refractivity contribution in [2.45, 2.75) is 6.92 Å². The number of aliphatic imine (C=N–C) groups is 1. The Morgan fingerprint density at radius 1 is 1.08 bits per heavy atom. The highest BCUT2D eigenvalue weighted by atomic mass is 32.2. The minimum Gasteiger partial charge on any atom is -0.493 e. The fourth-order valence-electron chi connectivity index (χ4n) is 3.46. The molecule has 1 fully saturated rings. The summed E-state index contributed by atoms with van der Waals surface area (Å²) in [6, 6.07) is 20.1. The van der Waals surface area contributed by atoms with E-state index in [1.54, 1.807) is 53.4 Å². The summed E-state index contributed by atoms with van der Waals surface area (Å²) in [5.74, 6) is -0.122. The highest BCUT2D eigenvalue weighted by Crippen LogP contribution is 2.38. The van der Waals surface area contributed by atoms with Crippen LogP contribution in [0.25, 0.3) is 6.08 Å². The molecule has 7 nitrogen and oxygen atoms in total. The number of benzene rings is 3. The van der Waals surface area contributed by atoms with Gasteiger partial charge in [0.15, 0.2) is 23.3 Å². The number of methoxy groups -OCH3 is 1. The second kappa shape index (κ2) is 11.5. The molecule has 0 spiro atoms. The van der Waals surface area contributed by atoms with E-state index < -0.39 is 0 Å².